The maximum Gasteiger partial charge on any atom is 0.291 e. The molecule has 0 bridgehead atoms. The van der Waals surface area contributed by atoms with Crippen molar-refractivity contribution in [2.24, 2.45) is 0 Å². The zero-order valence-electron chi connectivity index (χ0n) is 15.2. The fraction of sp³-hybridized carbons (Fsp3) is 0.263. The van der Waals surface area contributed by atoms with E-state index in [2.05, 4.69) is 20.8 Å². The van der Waals surface area contributed by atoms with Gasteiger partial charge >= 0.3 is 0 Å². The number of halogens is 1. The number of carbonyl (C=O) groups excluding carboxylic acids is 2. The van der Waals surface area contributed by atoms with Crippen LogP contribution in [0.2, 0.25) is 0 Å². The first-order chi connectivity index (χ1) is 13.5. The number of fused-ring (bicyclic) bond motifs is 1. The Labute approximate surface area is 159 Å². The van der Waals surface area contributed by atoms with E-state index in [-0.39, 0.29) is 17.3 Å². The van der Waals surface area contributed by atoms with E-state index in [4.69, 9.17) is 4.52 Å². The summed E-state index contributed by atoms with van der Waals surface area (Å²) in [5, 5.41) is 9.08. The molecule has 8 nitrogen and oxygen atoms in total. The van der Waals surface area contributed by atoms with Crippen LogP contribution in [0.15, 0.2) is 34.9 Å². The second kappa shape index (κ2) is 7.26. The standard InChI is InChI=1S/C19H18FN5O3/c1-11-10-15(24-28-11)22-18(26)16-14-4-2-3-9-25(14)17(23-16)19(27)21-13-7-5-12(20)6-8-13/h5-8,10H,2-4,9H2,1H3,(H,21,27)(H,22,24,26). The van der Waals surface area contributed by atoms with Crippen molar-refractivity contribution in [1.29, 1.82) is 0 Å². The molecule has 0 saturated heterocycles. The van der Waals surface area contributed by atoms with Crippen LogP contribution in [0.3, 0.4) is 0 Å². The molecule has 2 N–H and O–H groups in total. The van der Waals surface area contributed by atoms with E-state index in [1.54, 1.807) is 17.6 Å². The molecule has 0 spiro atoms. The Hall–Kier alpha value is -3.49. The number of nitrogens with one attached hydrogen (secondary N) is 2. The number of aryl methyl sites for hydroxylation is 1. The van der Waals surface area contributed by atoms with E-state index in [1.807, 2.05) is 0 Å². The summed E-state index contributed by atoms with van der Waals surface area (Å²) in [4.78, 5) is 29.7. The Kier molecular flexibility index (Phi) is 4.64. The topological polar surface area (TPSA) is 102 Å². The second-order valence-electron chi connectivity index (χ2n) is 6.58. The maximum absolute atomic E-state index is 13.1. The third-order valence-corrected chi connectivity index (χ3v) is 4.51. The van der Waals surface area contributed by atoms with E-state index in [0.29, 0.717) is 30.1 Å². The van der Waals surface area contributed by atoms with Gasteiger partial charge in [-0.2, -0.15) is 0 Å². The second-order valence-corrected chi connectivity index (χ2v) is 6.58. The number of anilines is 2. The van der Waals surface area contributed by atoms with Crippen molar-refractivity contribution in [2.75, 3.05) is 10.6 Å². The summed E-state index contributed by atoms with van der Waals surface area (Å²) in [7, 11) is 0. The van der Waals surface area contributed by atoms with Crippen LogP contribution in [-0.4, -0.2) is 26.5 Å². The van der Waals surface area contributed by atoms with Crippen molar-refractivity contribution in [3.05, 3.63) is 59.1 Å². The average Bonchev–Trinajstić information content (AvgIpc) is 3.27. The molecule has 3 aromatic rings. The highest BCUT2D eigenvalue weighted by molar-refractivity contribution is 6.06. The highest BCUT2D eigenvalue weighted by Gasteiger charge is 2.28. The fourth-order valence-electron chi connectivity index (χ4n) is 3.22. The van der Waals surface area contributed by atoms with Gasteiger partial charge in [-0.25, -0.2) is 9.37 Å². The molecule has 3 heterocycles. The van der Waals surface area contributed by atoms with Crippen molar-refractivity contribution in [2.45, 2.75) is 32.7 Å². The van der Waals surface area contributed by atoms with Crippen molar-refractivity contribution in [3.8, 4) is 0 Å². The highest BCUT2D eigenvalue weighted by atomic mass is 19.1. The molecular formula is C19H18FN5O3. The molecule has 0 radical (unpaired) electrons. The molecular weight excluding hydrogens is 365 g/mol. The Morgan fingerprint density at radius 2 is 1.93 bits per heavy atom. The molecule has 0 aliphatic carbocycles. The van der Waals surface area contributed by atoms with Crippen LogP contribution in [0.4, 0.5) is 15.9 Å². The van der Waals surface area contributed by atoms with Gasteiger partial charge in [0.1, 0.15) is 11.6 Å². The Morgan fingerprint density at radius 1 is 1.14 bits per heavy atom. The molecule has 0 saturated carbocycles. The minimum absolute atomic E-state index is 0.153. The number of rotatable bonds is 4. The van der Waals surface area contributed by atoms with E-state index in [9.17, 15) is 14.0 Å². The average molecular weight is 383 g/mol. The molecule has 1 aliphatic rings. The van der Waals surface area contributed by atoms with Gasteiger partial charge < -0.3 is 19.7 Å². The van der Waals surface area contributed by atoms with Crippen molar-refractivity contribution < 1.29 is 18.5 Å². The number of hydrogen-bond donors (Lipinski definition) is 2. The van der Waals surface area contributed by atoms with Crippen molar-refractivity contribution in [1.82, 2.24) is 14.7 Å². The molecule has 4 rings (SSSR count). The lowest BCUT2D eigenvalue weighted by atomic mass is 10.1. The third kappa shape index (κ3) is 3.51. The Bertz CT molecular complexity index is 1040. The van der Waals surface area contributed by atoms with Crippen LogP contribution in [0.1, 0.15) is 45.4 Å². The molecule has 1 aromatic carbocycles. The Balaban J connectivity index is 1.61. The monoisotopic (exact) mass is 383 g/mol. The summed E-state index contributed by atoms with van der Waals surface area (Å²) in [6.45, 7) is 2.32. The minimum Gasteiger partial charge on any atom is -0.360 e. The zero-order chi connectivity index (χ0) is 19.7. The van der Waals surface area contributed by atoms with E-state index in [0.717, 1.165) is 12.8 Å². The predicted molar refractivity (Wildman–Crippen MR) is 98.7 cm³/mol. The summed E-state index contributed by atoms with van der Waals surface area (Å²) < 4.78 is 19.8. The lowest BCUT2D eigenvalue weighted by Gasteiger charge is -2.17. The van der Waals surface area contributed by atoms with E-state index >= 15 is 0 Å². The number of hydrogen-bond acceptors (Lipinski definition) is 5. The van der Waals surface area contributed by atoms with Crippen LogP contribution in [0, 0.1) is 12.7 Å². The fourth-order valence-corrected chi connectivity index (χ4v) is 3.22. The number of carbonyl (C=O) groups is 2. The maximum atomic E-state index is 13.1. The summed E-state index contributed by atoms with van der Waals surface area (Å²) in [5.41, 5.74) is 1.36. The van der Waals surface area contributed by atoms with Crippen LogP contribution in [-0.2, 0) is 13.0 Å². The smallest absolute Gasteiger partial charge is 0.291 e. The van der Waals surface area contributed by atoms with Gasteiger partial charge in [0, 0.05) is 18.3 Å². The van der Waals surface area contributed by atoms with Crippen LogP contribution < -0.4 is 10.6 Å². The zero-order valence-corrected chi connectivity index (χ0v) is 15.2. The normalized spacial score (nSPS) is 13.1. The summed E-state index contributed by atoms with van der Waals surface area (Å²) in [5.74, 6) is -0.275. The summed E-state index contributed by atoms with van der Waals surface area (Å²) in [6.07, 6.45) is 2.45. The largest absolute Gasteiger partial charge is 0.360 e. The molecule has 2 aromatic heterocycles. The number of aromatic nitrogens is 3. The van der Waals surface area contributed by atoms with Crippen LogP contribution in [0.25, 0.3) is 0 Å². The van der Waals surface area contributed by atoms with Crippen molar-refractivity contribution in [3.63, 3.8) is 0 Å². The van der Waals surface area contributed by atoms with Gasteiger partial charge in [0.2, 0.25) is 0 Å². The quantitative estimate of drug-likeness (QED) is 0.721. The van der Waals surface area contributed by atoms with Gasteiger partial charge in [-0.1, -0.05) is 5.16 Å². The molecule has 0 fully saturated rings. The van der Waals surface area contributed by atoms with Gasteiger partial charge in [0.05, 0.1) is 5.69 Å². The lowest BCUT2D eigenvalue weighted by molar-refractivity contribution is 0.101. The van der Waals surface area contributed by atoms with E-state index in [1.165, 1.54) is 24.3 Å². The van der Waals surface area contributed by atoms with Crippen LogP contribution >= 0.6 is 0 Å². The number of imidazole rings is 1. The molecule has 2 amide bonds. The minimum atomic E-state index is -0.453. The molecule has 0 atom stereocenters. The van der Waals surface area contributed by atoms with Gasteiger partial charge in [-0.05, 0) is 50.5 Å². The molecule has 144 valence electrons. The summed E-state index contributed by atoms with van der Waals surface area (Å²) in [6, 6.07) is 7.05. The predicted octanol–water partition coefficient (Wildman–Crippen LogP) is 3.16. The molecule has 9 heteroatoms. The lowest BCUT2D eigenvalue weighted by Crippen LogP contribution is -2.21. The van der Waals surface area contributed by atoms with Gasteiger partial charge in [-0.3, -0.25) is 9.59 Å². The molecule has 1 aliphatic heterocycles. The number of amides is 2. The van der Waals surface area contributed by atoms with Gasteiger partial charge in [-0.15, -0.1) is 0 Å². The van der Waals surface area contributed by atoms with Crippen molar-refractivity contribution >= 4 is 23.3 Å². The first kappa shape index (κ1) is 17.9. The van der Waals surface area contributed by atoms with Gasteiger partial charge in [0.25, 0.3) is 11.8 Å². The third-order valence-electron chi connectivity index (χ3n) is 4.51. The highest BCUT2D eigenvalue weighted by Crippen LogP contribution is 2.23. The number of benzene rings is 1. The molecule has 0 unspecified atom stereocenters. The van der Waals surface area contributed by atoms with Crippen LogP contribution in [0.5, 0.6) is 0 Å². The Morgan fingerprint density at radius 3 is 2.64 bits per heavy atom. The molecule has 28 heavy (non-hydrogen) atoms. The number of nitrogens with zero attached hydrogens (tertiary/aromatic N) is 3. The van der Waals surface area contributed by atoms with E-state index < -0.39 is 17.6 Å². The SMILES string of the molecule is Cc1cc(NC(=O)c2nc(C(=O)Nc3ccc(F)cc3)n3c2CCCC3)no1. The van der Waals surface area contributed by atoms with Gasteiger partial charge in [0.15, 0.2) is 17.3 Å². The first-order valence-electron chi connectivity index (χ1n) is 8.92. The first-order valence-corrected chi connectivity index (χ1v) is 8.92. The summed E-state index contributed by atoms with van der Waals surface area (Å²) >= 11 is 0.